The molecular weight excluding hydrogens is 538 g/mol. The molecule has 1 atom stereocenters. The second-order valence-corrected chi connectivity index (χ2v) is 10.7. The Morgan fingerprint density at radius 3 is 2.27 bits per heavy atom. The fourth-order valence-corrected chi connectivity index (χ4v) is 5.07. The fraction of sp³-hybridized carbons (Fsp3) is 0.250. The lowest BCUT2D eigenvalue weighted by Gasteiger charge is -2.14. The molecule has 1 unspecified atom stereocenters. The number of nitrogens with one attached hydrogen (secondary N) is 1. The van der Waals surface area contributed by atoms with E-state index < -0.39 is 0 Å². The molecule has 0 amide bonds. The first-order valence-electron chi connectivity index (χ1n) is 15.0. The van der Waals surface area contributed by atoms with Crippen molar-refractivity contribution < 1.29 is 4.79 Å². The minimum absolute atomic E-state index is 0.253. The first-order valence-corrected chi connectivity index (χ1v) is 15.0. The molecule has 1 aromatic heterocycles. The monoisotopic (exact) mass is 585 g/mol. The van der Waals surface area contributed by atoms with E-state index in [0.29, 0.717) is 6.42 Å². The molecule has 0 fully saturated rings. The lowest BCUT2D eigenvalue weighted by Crippen LogP contribution is -2.19. The van der Waals surface area contributed by atoms with Crippen LogP contribution in [0, 0.1) is 33.6 Å². The van der Waals surface area contributed by atoms with Gasteiger partial charge in [0.15, 0.2) is 5.78 Å². The van der Waals surface area contributed by atoms with Crippen molar-refractivity contribution in [1.82, 2.24) is 15.1 Å². The van der Waals surface area contributed by atoms with Crippen molar-refractivity contribution in [2.24, 2.45) is 0 Å². The zero-order valence-corrected chi connectivity index (χ0v) is 27.1. The van der Waals surface area contributed by atoms with Gasteiger partial charge in [-0.1, -0.05) is 91.9 Å². The summed E-state index contributed by atoms with van der Waals surface area (Å²) in [6.07, 6.45) is 14.7. The van der Waals surface area contributed by atoms with Crippen molar-refractivity contribution in [2.75, 3.05) is 0 Å². The molecule has 1 aliphatic carbocycles. The van der Waals surface area contributed by atoms with Gasteiger partial charge < -0.3 is 5.32 Å². The topological polar surface area (TPSA) is 46.9 Å². The average molecular weight is 586 g/mol. The lowest BCUT2D eigenvalue weighted by atomic mass is 9.95. The Bertz CT molecular complexity index is 1590. The number of terminal acetylenes is 1. The normalized spacial score (nSPS) is 13.2. The molecule has 0 radical (unpaired) electrons. The molecule has 4 aromatic rings. The van der Waals surface area contributed by atoms with E-state index >= 15 is 0 Å². The summed E-state index contributed by atoms with van der Waals surface area (Å²) in [5.41, 5.74) is 10.8. The number of carbonyl (C=O) groups excluding carboxylic acids is 1. The lowest BCUT2D eigenvalue weighted by molar-refractivity contribution is 0.0991. The standard InChI is InChI=1S/C24H29N3.C12H12O.C2H4.C2H2/c1-5-21-10-8-11-22(15-21)17-25-24(27-20(4)19(3)16-26-27)14-13-23-12-7-6-9-18(23)2;1-8(2)11-7-12(13)10-6-4-3-5-9(10)11;2*1-2/h6-12,14-16,25H,5,13,17H2,1-4H3;3-6,11H,1,7H2,2H3;1-2H2;1-2H/b24-14-;;;. The number of hydrogen-bond acceptors (Lipinski definition) is 3. The third kappa shape index (κ3) is 9.31. The zero-order chi connectivity index (χ0) is 32.6. The molecule has 0 saturated heterocycles. The Labute approximate surface area is 265 Å². The summed E-state index contributed by atoms with van der Waals surface area (Å²) in [4.78, 5) is 11.5. The molecule has 228 valence electrons. The van der Waals surface area contributed by atoms with E-state index in [9.17, 15) is 4.79 Å². The molecule has 44 heavy (non-hydrogen) atoms. The van der Waals surface area contributed by atoms with Gasteiger partial charge in [0.05, 0.1) is 6.20 Å². The molecule has 0 bridgehead atoms. The van der Waals surface area contributed by atoms with Crippen LogP contribution in [0.5, 0.6) is 0 Å². The predicted octanol–water partition coefficient (Wildman–Crippen LogP) is 9.19. The number of rotatable bonds is 8. The van der Waals surface area contributed by atoms with E-state index in [1.54, 1.807) is 0 Å². The van der Waals surface area contributed by atoms with Crippen molar-refractivity contribution in [3.63, 3.8) is 0 Å². The number of allylic oxidation sites excluding steroid dienone is 2. The zero-order valence-electron chi connectivity index (χ0n) is 27.1. The number of aryl methyl sites for hydroxylation is 3. The molecule has 4 nitrogen and oxygen atoms in total. The van der Waals surface area contributed by atoms with E-state index in [-0.39, 0.29) is 11.7 Å². The summed E-state index contributed by atoms with van der Waals surface area (Å²) in [6, 6.07) is 25.1. The van der Waals surface area contributed by atoms with Crippen molar-refractivity contribution in [3.05, 3.63) is 155 Å². The molecule has 3 aromatic carbocycles. The fourth-order valence-electron chi connectivity index (χ4n) is 5.07. The third-order valence-electron chi connectivity index (χ3n) is 7.75. The SMILES string of the molecule is C#C.C=C.C=C(C)C1CC(=O)c2ccccc21.CCc1cccc(CN/C(=C/Cc2ccccc2C)n2ncc(C)c2C)c1. The van der Waals surface area contributed by atoms with Crippen LogP contribution in [0.1, 0.15) is 75.6 Å². The van der Waals surface area contributed by atoms with Gasteiger partial charge in [0.1, 0.15) is 5.82 Å². The van der Waals surface area contributed by atoms with Gasteiger partial charge in [-0.15, -0.1) is 26.0 Å². The van der Waals surface area contributed by atoms with Crippen LogP contribution in [-0.4, -0.2) is 15.6 Å². The van der Waals surface area contributed by atoms with Crippen LogP contribution in [0.15, 0.2) is 110 Å². The van der Waals surface area contributed by atoms with E-state index in [4.69, 9.17) is 0 Å². The highest BCUT2D eigenvalue weighted by Crippen LogP contribution is 2.36. The maximum Gasteiger partial charge on any atom is 0.164 e. The highest BCUT2D eigenvalue weighted by Gasteiger charge is 2.28. The van der Waals surface area contributed by atoms with Gasteiger partial charge in [-0.3, -0.25) is 4.79 Å². The van der Waals surface area contributed by atoms with Gasteiger partial charge >= 0.3 is 0 Å². The summed E-state index contributed by atoms with van der Waals surface area (Å²) in [7, 11) is 0. The van der Waals surface area contributed by atoms with E-state index in [2.05, 4.69) is 125 Å². The molecule has 5 rings (SSSR count). The minimum Gasteiger partial charge on any atom is -0.366 e. The van der Waals surface area contributed by atoms with Crippen LogP contribution in [-0.2, 0) is 19.4 Å². The molecule has 0 aliphatic heterocycles. The molecule has 1 aliphatic rings. The molecular formula is C40H47N3O. The van der Waals surface area contributed by atoms with Gasteiger partial charge in [0.25, 0.3) is 0 Å². The maximum atomic E-state index is 11.5. The molecule has 1 N–H and O–H groups in total. The highest BCUT2D eigenvalue weighted by atomic mass is 16.1. The summed E-state index contributed by atoms with van der Waals surface area (Å²) in [5, 5.41) is 8.19. The van der Waals surface area contributed by atoms with Crippen molar-refractivity contribution in [3.8, 4) is 12.8 Å². The Balaban J connectivity index is 0.000000331. The smallest absolute Gasteiger partial charge is 0.164 e. The van der Waals surface area contributed by atoms with Crippen LogP contribution in [0.3, 0.4) is 0 Å². The van der Waals surface area contributed by atoms with Crippen LogP contribution < -0.4 is 5.32 Å². The molecule has 4 heteroatoms. The Morgan fingerprint density at radius 1 is 0.977 bits per heavy atom. The van der Waals surface area contributed by atoms with Crippen molar-refractivity contribution >= 4 is 11.6 Å². The van der Waals surface area contributed by atoms with E-state index in [1.165, 1.54) is 33.5 Å². The number of Topliss-reactive ketones (excluding diaryl/α,β-unsaturated/α-hetero) is 1. The van der Waals surface area contributed by atoms with Crippen molar-refractivity contribution in [2.45, 2.75) is 66.3 Å². The second-order valence-electron chi connectivity index (χ2n) is 10.7. The van der Waals surface area contributed by atoms with Crippen LogP contribution in [0.2, 0.25) is 0 Å². The number of fused-ring (bicyclic) bond motifs is 1. The minimum atomic E-state index is 0.253. The number of carbonyl (C=O) groups is 1. The third-order valence-corrected chi connectivity index (χ3v) is 7.75. The van der Waals surface area contributed by atoms with Gasteiger partial charge in [-0.2, -0.15) is 5.10 Å². The quantitative estimate of drug-likeness (QED) is 0.166. The van der Waals surface area contributed by atoms with Crippen LogP contribution in [0.4, 0.5) is 0 Å². The molecule has 0 saturated carbocycles. The number of ketones is 1. The van der Waals surface area contributed by atoms with Gasteiger partial charge in [-0.05, 0) is 80.0 Å². The summed E-state index contributed by atoms with van der Waals surface area (Å²) in [5.74, 6) is 1.54. The second kappa shape index (κ2) is 17.9. The Hall–Kier alpha value is -4.88. The van der Waals surface area contributed by atoms with E-state index in [1.807, 2.05) is 42.1 Å². The first kappa shape index (κ1) is 35.3. The summed E-state index contributed by atoms with van der Waals surface area (Å²) >= 11 is 0. The first-order chi connectivity index (χ1) is 21.3. The molecule has 0 spiro atoms. The predicted molar refractivity (Wildman–Crippen MR) is 188 cm³/mol. The number of hydrogen-bond donors (Lipinski definition) is 1. The summed E-state index contributed by atoms with van der Waals surface area (Å²) < 4.78 is 2.01. The number of benzene rings is 3. The van der Waals surface area contributed by atoms with Crippen LogP contribution in [0.25, 0.3) is 5.82 Å². The largest absolute Gasteiger partial charge is 0.366 e. The highest BCUT2D eigenvalue weighted by molar-refractivity contribution is 6.01. The Morgan fingerprint density at radius 2 is 1.64 bits per heavy atom. The van der Waals surface area contributed by atoms with Gasteiger partial charge in [-0.25, -0.2) is 4.68 Å². The number of aromatic nitrogens is 2. The van der Waals surface area contributed by atoms with Gasteiger partial charge in [0, 0.05) is 30.1 Å². The number of nitrogens with zero attached hydrogens (tertiary/aromatic N) is 2. The van der Waals surface area contributed by atoms with Crippen LogP contribution >= 0.6 is 0 Å². The average Bonchev–Trinajstić information content (AvgIpc) is 3.58. The molecule has 1 heterocycles. The Kier molecular flexibility index (Phi) is 14.4. The van der Waals surface area contributed by atoms with E-state index in [0.717, 1.165) is 41.9 Å². The van der Waals surface area contributed by atoms with Gasteiger partial charge in [0.2, 0.25) is 0 Å². The van der Waals surface area contributed by atoms with Crippen molar-refractivity contribution in [1.29, 1.82) is 0 Å². The maximum absolute atomic E-state index is 11.5. The summed E-state index contributed by atoms with van der Waals surface area (Å²) in [6.45, 7) is 21.3.